The van der Waals surface area contributed by atoms with E-state index in [4.69, 9.17) is 5.73 Å². The van der Waals surface area contributed by atoms with E-state index >= 15 is 0 Å². The highest BCUT2D eigenvalue weighted by atomic mass is 19.1. The molecule has 18 heavy (non-hydrogen) atoms. The van der Waals surface area contributed by atoms with Gasteiger partial charge in [0.15, 0.2) is 0 Å². The second-order valence-electron chi connectivity index (χ2n) is 5.62. The fourth-order valence-corrected chi connectivity index (χ4v) is 3.11. The minimum Gasteiger partial charge on any atom is -0.376 e. The molecule has 3 N–H and O–H groups in total. The molecule has 1 saturated carbocycles. The second kappa shape index (κ2) is 5.27. The van der Waals surface area contributed by atoms with E-state index in [0.717, 1.165) is 12.8 Å². The standard InChI is InChI=1S/C15H23FN2/c1-11-6-5-9-15(10-17,12(11)2)18-14-8-4-3-7-13(14)16/h3-4,7-8,11-12,18H,5-6,9-10,17H2,1-2H3. The Morgan fingerprint density at radius 1 is 1.39 bits per heavy atom. The number of halogens is 1. The highest BCUT2D eigenvalue weighted by Crippen LogP contribution is 2.39. The number of hydrogen-bond donors (Lipinski definition) is 2. The second-order valence-corrected chi connectivity index (χ2v) is 5.62. The van der Waals surface area contributed by atoms with Crippen LogP contribution < -0.4 is 11.1 Å². The molecule has 0 spiro atoms. The Bertz CT molecular complexity index is 407. The van der Waals surface area contributed by atoms with E-state index in [2.05, 4.69) is 19.2 Å². The number of para-hydroxylation sites is 1. The average molecular weight is 250 g/mol. The van der Waals surface area contributed by atoms with Gasteiger partial charge in [-0.1, -0.05) is 38.8 Å². The van der Waals surface area contributed by atoms with Crippen LogP contribution in [0.25, 0.3) is 0 Å². The van der Waals surface area contributed by atoms with Crippen molar-refractivity contribution in [2.75, 3.05) is 11.9 Å². The molecule has 3 heteroatoms. The fraction of sp³-hybridized carbons (Fsp3) is 0.600. The predicted octanol–water partition coefficient (Wildman–Crippen LogP) is 3.39. The molecule has 0 aromatic heterocycles. The number of nitrogens with two attached hydrogens (primary N) is 1. The minimum atomic E-state index is -0.198. The zero-order chi connectivity index (χ0) is 13.2. The van der Waals surface area contributed by atoms with Gasteiger partial charge in [-0.05, 0) is 30.4 Å². The van der Waals surface area contributed by atoms with Gasteiger partial charge >= 0.3 is 0 Å². The molecular weight excluding hydrogens is 227 g/mol. The SMILES string of the molecule is CC1CCCC(CN)(Nc2ccccc2F)C1C. The Balaban J connectivity index is 2.25. The molecular formula is C15H23FN2. The summed E-state index contributed by atoms with van der Waals surface area (Å²) >= 11 is 0. The number of nitrogens with one attached hydrogen (secondary N) is 1. The Labute approximate surface area is 109 Å². The largest absolute Gasteiger partial charge is 0.376 e. The third kappa shape index (κ3) is 2.37. The zero-order valence-electron chi connectivity index (χ0n) is 11.2. The summed E-state index contributed by atoms with van der Waals surface area (Å²) in [4.78, 5) is 0. The Morgan fingerprint density at radius 3 is 2.78 bits per heavy atom. The van der Waals surface area contributed by atoms with Crippen LogP contribution in [0.1, 0.15) is 33.1 Å². The van der Waals surface area contributed by atoms with Gasteiger partial charge in [-0.3, -0.25) is 0 Å². The van der Waals surface area contributed by atoms with Gasteiger partial charge < -0.3 is 11.1 Å². The molecule has 1 aliphatic rings. The highest BCUT2D eigenvalue weighted by molar-refractivity contribution is 5.47. The number of hydrogen-bond acceptors (Lipinski definition) is 2. The van der Waals surface area contributed by atoms with E-state index in [9.17, 15) is 4.39 Å². The predicted molar refractivity (Wildman–Crippen MR) is 74.0 cm³/mol. The summed E-state index contributed by atoms with van der Waals surface area (Å²) in [5, 5.41) is 3.39. The van der Waals surface area contributed by atoms with Gasteiger partial charge in [0.25, 0.3) is 0 Å². The summed E-state index contributed by atoms with van der Waals surface area (Å²) in [6.07, 6.45) is 3.41. The van der Waals surface area contributed by atoms with E-state index in [1.54, 1.807) is 12.1 Å². The molecule has 0 aliphatic heterocycles. The Kier molecular flexibility index (Phi) is 3.91. The van der Waals surface area contributed by atoms with Crippen molar-refractivity contribution in [2.45, 2.75) is 38.6 Å². The van der Waals surface area contributed by atoms with Crippen molar-refractivity contribution < 1.29 is 4.39 Å². The van der Waals surface area contributed by atoms with Crippen molar-refractivity contribution in [2.24, 2.45) is 17.6 Å². The van der Waals surface area contributed by atoms with Crippen molar-refractivity contribution >= 4 is 5.69 Å². The molecule has 0 amide bonds. The zero-order valence-corrected chi connectivity index (χ0v) is 11.2. The van der Waals surface area contributed by atoms with Gasteiger partial charge in [0.1, 0.15) is 5.82 Å². The number of benzene rings is 1. The lowest BCUT2D eigenvalue weighted by Gasteiger charge is -2.46. The van der Waals surface area contributed by atoms with Gasteiger partial charge in [0, 0.05) is 6.54 Å². The van der Waals surface area contributed by atoms with Gasteiger partial charge in [0.2, 0.25) is 0 Å². The lowest BCUT2D eigenvalue weighted by molar-refractivity contribution is 0.168. The average Bonchev–Trinajstić information content (AvgIpc) is 2.38. The Hall–Kier alpha value is -1.09. The Morgan fingerprint density at radius 2 is 2.11 bits per heavy atom. The first kappa shape index (κ1) is 13.3. The smallest absolute Gasteiger partial charge is 0.146 e. The third-order valence-corrected chi connectivity index (χ3v) is 4.63. The maximum Gasteiger partial charge on any atom is 0.146 e. The molecule has 1 aromatic rings. The topological polar surface area (TPSA) is 38.0 Å². The van der Waals surface area contributed by atoms with Crippen LogP contribution in [0, 0.1) is 17.7 Å². The van der Waals surface area contributed by atoms with Crippen LogP contribution in [0.5, 0.6) is 0 Å². The van der Waals surface area contributed by atoms with Gasteiger partial charge in [-0.15, -0.1) is 0 Å². The lowest BCUT2D eigenvalue weighted by atomic mass is 9.68. The normalized spacial score (nSPS) is 32.2. The molecule has 0 bridgehead atoms. The minimum absolute atomic E-state index is 0.167. The van der Waals surface area contributed by atoms with E-state index in [0.29, 0.717) is 24.1 Å². The summed E-state index contributed by atoms with van der Waals surface area (Å²) in [6.45, 7) is 5.04. The maximum atomic E-state index is 13.8. The summed E-state index contributed by atoms with van der Waals surface area (Å²) in [6, 6.07) is 6.84. The van der Waals surface area contributed by atoms with Gasteiger partial charge in [-0.2, -0.15) is 0 Å². The van der Waals surface area contributed by atoms with Crippen LogP contribution in [0.3, 0.4) is 0 Å². The first-order valence-corrected chi connectivity index (χ1v) is 6.82. The molecule has 1 aliphatic carbocycles. The van der Waals surface area contributed by atoms with Crippen molar-refractivity contribution in [3.63, 3.8) is 0 Å². The molecule has 1 fully saturated rings. The summed E-state index contributed by atoms with van der Waals surface area (Å²) < 4.78 is 13.8. The molecule has 3 unspecified atom stereocenters. The van der Waals surface area contributed by atoms with Crippen molar-refractivity contribution in [3.8, 4) is 0 Å². The highest BCUT2D eigenvalue weighted by Gasteiger charge is 2.40. The molecule has 0 saturated heterocycles. The van der Waals surface area contributed by atoms with Gasteiger partial charge in [-0.25, -0.2) is 4.39 Å². The maximum absolute atomic E-state index is 13.8. The van der Waals surface area contributed by atoms with Crippen LogP contribution >= 0.6 is 0 Å². The van der Waals surface area contributed by atoms with E-state index < -0.39 is 0 Å². The summed E-state index contributed by atoms with van der Waals surface area (Å²) in [7, 11) is 0. The molecule has 2 rings (SSSR count). The van der Waals surface area contributed by atoms with Crippen LogP contribution in [-0.4, -0.2) is 12.1 Å². The first-order chi connectivity index (χ1) is 8.59. The summed E-state index contributed by atoms with van der Waals surface area (Å²) in [5.74, 6) is 0.883. The molecule has 3 atom stereocenters. The van der Waals surface area contributed by atoms with Crippen LogP contribution in [0.2, 0.25) is 0 Å². The van der Waals surface area contributed by atoms with E-state index in [-0.39, 0.29) is 11.4 Å². The van der Waals surface area contributed by atoms with Gasteiger partial charge in [0.05, 0.1) is 11.2 Å². The molecule has 100 valence electrons. The number of rotatable bonds is 3. The third-order valence-electron chi connectivity index (χ3n) is 4.63. The monoisotopic (exact) mass is 250 g/mol. The molecule has 0 heterocycles. The lowest BCUT2D eigenvalue weighted by Crippen LogP contribution is -2.54. The first-order valence-electron chi connectivity index (χ1n) is 6.82. The van der Waals surface area contributed by atoms with Crippen molar-refractivity contribution in [1.82, 2.24) is 0 Å². The quantitative estimate of drug-likeness (QED) is 0.863. The fourth-order valence-electron chi connectivity index (χ4n) is 3.11. The number of anilines is 1. The molecule has 0 radical (unpaired) electrons. The van der Waals surface area contributed by atoms with E-state index in [1.807, 2.05) is 6.07 Å². The van der Waals surface area contributed by atoms with E-state index in [1.165, 1.54) is 12.5 Å². The van der Waals surface area contributed by atoms with Crippen LogP contribution in [0.4, 0.5) is 10.1 Å². The summed E-state index contributed by atoms with van der Waals surface area (Å²) in [5.41, 5.74) is 6.41. The van der Waals surface area contributed by atoms with Crippen LogP contribution in [0.15, 0.2) is 24.3 Å². The van der Waals surface area contributed by atoms with Crippen LogP contribution in [-0.2, 0) is 0 Å². The molecule has 2 nitrogen and oxygen atoms in total. The van der Waals surface area contributed by atoms with Crippen molar-refractivity contribution in [3.05, 3.63) is 30.1 Å². The molecule has 1 aromatic carbocycles. The van der Waals surface area contributed by atoms with Crippen molar-refractivity contribution in [1.29, 1.82) is 0 Å².